The van der Waals surface area contributed by atoms with Gasteiger partial charge in [0.1, 0.15) is 0 Å². The molecule has 2 amide bonds. The molecule has 4 nitrogen and oxygen atoms in total. The molecule has 2 aromatic rings. The molecule has 1 atom stereocenters. The Labute approximate surface area is 214 Å². The van der Waals surface area contributed by atoms with Crippen molar-refractivity contribution in [3.8, 4) is 0 Å². The number of rotatable bonds is 7. The zero-order chi connectivity index (χ0) is 26.8. The molecule has 0 saturated carbocycles. The molecule has 0 spiro atoms. The Bertz CT molecular complexity index is 1090. The first-order valence-electron chi connectivity index (χ1n) is 9.87. The van der Waals surface area contributed by atoms with Crippen LogP contribution in [-0.2, 0) is 5.67 Å². The minimum Gasteiger partial charge on any atom is -0.349 e. The summed E-state index contributed by atoms with van der Waals surface area (Å²) in [5.74, 6) is -0.722. The van der Waals surface area contributed by atoms with Gasteiger partial charge in [-0.15, -0.1) is 0 Å². The first kappa shape index (κ1) is 29.2. The number of carbonyl (C=O) groups excluding carboxylic acids is 2. The topological polar surface area (TPSA) is 58.2 Å². The van der Waals surface area contributed by atoms with Crippen LogP contribution in [0.25, 0.3) is 0 Å². The molecule has 0 aliphatic heterocycles. The van der Waals surface area contributed by atoms with E-state index in [1.54, 1.807) is 13.0 Å². The number of anilines is 1. The van der Waals surface area contributed by atoms with Crippen LogP contribution in [-0.4, -0.2) is 42.2 Å². The maximum Gasteiger partial charge on any atom is 0.435 e. The molecule has 0 fully saturated rings. The Morgan fingerprint density at radius 3 is 2.11 bits per heavy atom. The summed E-state index contributed by atoms with van der Waals surface area (Å²) in [6.07, 6.45) is -10.6. The van der Waals surface area contributed by atoms with Gasteiger partial charge in [-0.2, -0.15) is 38.1 Å². The molecule has 192 valence electrons. The molecule has 2 rings (SSSR count). The molecule has 0 unspecified atom stereocenters. The van der Waals surface area contributed by atoms with Crippen LogP contribution >= 0.6 is 34.4 Å². The van der Waals surface area contributed by atoms with Gasteiger partial charge in [0.2, 0.25) is 0 Å². The summed E-state index contributed by atoms with van der Waals surface area (Å²) in [7, 11) is 0. The summed E-state index contributed by atoms with van der Waals surface area (Å²) in [6.45, 7) is 2.90. The van der Waals surface area contributed by atoms with Gasteiger partial charge in [-0.25, -0.2) is 4.39 Å². The zero-order valence-corrected chi connectivity index (χ0v) is 21.5. The molecule has 2 aromatic carbocycles. The van der Waals surface area contributed by atoms with Crippen molar-refractivity contribution in [2.24, 2.45) is 0 Å². The number of aryl methyl sites for hydroxylation is 1. The first-order valence-corrected chi connectivity index (χ1v) is 12.3. The SMILES string of the molecule is CSC[C@H](C)NC(=O)c1c(I)cccc1C(=O)Nc1ccc(C(F)(C(F)(F)F)C(F)(F)F)cc1C. The van der Waals surface area contributed by atoms with E-state index in [0.717, 1.165) is 13.0 Å². The fraction of sp³-hybridized carbons (Fsp3) is 0.364. The van der Waals surface area contributed by atoms with Crippen molar-refractivity contribution in [1.29, 1.82) is 0 Å². The van der Waals surface area contributed by atoms with Gasteiger partial charge in [0.25, 0.3) is 11.8 Å². The van der Waals surface area contributed by atoms with Crippen molar-refractivity contribution in [2.45, 2.75) is 37.9 Å². The van der Waals surface area contributed by atoms with Crippen LogP contribution < -0.4 is 10.6 Å². The van der Waals surface area contributed by atoms with E-state index < -0.39 is 35.4 Å². The Kier molecular flexibility index (Phi) is 9.12. The second kappa shape index (κ2) is 10.9. The number of hydrogen-bond donors (Lipinski definition) is 2. The maximum absolute atomic E-state index is 14.3. The molecule has 0 aliphatic rings. The molecule has 13 heteroatoms. The lowest BCUT2D eigenvalue weighted by atomic mass is 9.92. The predicted octanol–water partition coefficient (Wildman–Crippen LogP) is 6.62. The summed E-state index contributed by atoms with van der Waals surface area (Å²) >= 11 is 3.37. The second-order valence-corrected chi connectivity index (χ2v) is 9.70. The fourth-order valence-corrected chi connectivity index (χ4v) is 4.55. The number of nitrogens with one attached hydrogen (secondary N) is 2. The smallest absolute Gasteiger partial charge is 0.349 e. The number of halogens is 8. The average molecular weight is 636 g/mol. The van der Waals surface area contributed by atoms with E-state index in [1.807, 2.05) is 28.8 Å². The third-order valence-electron chi connectivity index (χ3n) is 4.93. The monoisotopic (exact) mass is 636 g/mol. The third-order valence-corrected chi connectivity index (χ3v) is 6.67. The normalized spacial score (nSPS) is 13.3. The van der Waals surface area contributed by atoms with Crippen LogP contribution in [0.3, 0.4) is 0 Å². The number of alkyl halides is 7. The number of carbonyl (C=O) groups is 2. The Morgan fingerprint density at radius 2 is 1.60 bits per heavy atom. The van der Waals surface area contributed by atoms with Gasteiger partial charge in [0, 0.05) is 26.6 Å². The number of thioether (sulfide) groups is 1. The van der Waals surface area contributed by atoms with Crippen molar-refractivity contribution in [3.05, 3.63) is 62.2 Å². The molecule has 0 aromatic heterocycles. The molecule has 35 heavy (non-hydrogen) atoms. The van der Waals surface area contributed by atoms with Gasteiger partial charge in [0.05, 0.1) is 11.1 Å². The van der Waals surface area contributed by atoms with Gasteiger partial charge in [-0.3, -0.25) is 9.59 Å². The maximum atomic E-state index is 14.3. The fourth-order valence-electron chi connectivity index (χ4n) is 3.23. The second-order valence-electron chi connectivity index (χ2n) is 7.63. The van der Waals surface area contributed by atoms with E-state index in [0.29, 0.717) is 21.5 Å². The molecular weight excluding hydrogens is 616 g/mol. The lowest BCUT2D eigenvalue weighted by Crippen LogP contribution is -2.50. The molecule has 2 N–H and O–H groups in total. The minimum absolute atomic E-state index is 0.0559. The Morgan fingerprint density at radius 1 is 1.00 bits per heavy atom. The number of benzene rings is 2. The van der Waals surface area contributed by atoms with E-state index in [1.165, 1.54) is 23.9 Å². The highest BCUT2D eigenvalue weighted by molar-refractivity contribution is 14.1. The van der Waals surface area contributed by atoms with E-state index in [2.05, 4.69) is 10.6 Å². The lowest BCUT2D eigenvalue weighted by Gasteiger charge is -2.30. The van der Waals surface area contributed by atoms with Crippen LogP contribution in [0, 0.1) is 10.5 Å². The lowest BCUT2D eigenvalue weighted by molar-refractivity contribution is -0.348. The largest absolute Gasteiger partial charge is 0.435 e. The van der Waals surface area contributed by atoms with E-state index in [4.69, 9.17) is 0 Å². The molecular formula is C22H20F7IN2O2S. The zero-order valence-electron chi connectivity index (χ0n) is 18.5. The summed E-state index contributed by atoms with van der Waals surface area (Å²) in [6, 6.07) is 5.71. The van der Waals surface area contributed by atoms with E-state index >= 15 is 0 Å². The van der Waals surface area contributed by atoms with E-state index in [9.17, 15) is 40.3 Å². The van der Waals surface area contributed by atoms with Gasteiger partial charge in [-0.1, -0.05) is 18.2 Å². The minimum atomic E-state index is -6.25. The van der Waals surface area contributed by atoms with Gasteiger partial charge >= 0.3 is 18.0 Å². The highest BCUT2D eigenvalue weighted by atomic mass is 127. The summed E-state index contributed by atoms with van der Waals surface area (Å²) in [4.78, 5) is 25.7. The van der Waals surface area contributed by atoms with Crippen LogP contribution in [0.5, 0.6) is 0 Å². The first-order chi connectivity index (χ1) is 16.0. The quantitative estimate of drug-likeness (QED) is 0.266. The molecule has 0 saturated heterocycles. The summed E-state index contributed by atoms with van der Waals surface area (Å²) < 4.78 is 93.0. The summed E-state index contributed by atoms with van der Waals surface area (Å²) in [5, 5.41) is 5.13. The summed E-state index contributed by atoms with van der Waals surface area (Å²) in [5.41, 5.74) is -7.63. The predicted molar refractivity (Wildman–Crippen MR) is 128 cm³/mol. The Balaban J connectivity index is 2.41. The van der Waals surface area contributed by atoms with Crippen molar-refractivity contribution in [3.63, 3.8) is 0 Å². The third kappa shape index (κ3) is 6.22. The van der Waals surface area contributed by atoms with Crippen molar-refractivity contribution in [1.82, 2.24) is 5.32 Å². The highest BCUT2D eigenvalue weighted by Gasteiger charge is 2.73. The van der Waals surface area contributed by atoms with Crippen molar-refractivity contribution in [2.75, 3.05) is 17.3 Å². The van der Waals surface area contributed by atoms with Gasteiger partial charge in [0.15, 0.2) is 0 Å². The molecule has 0 aliphatic carbocycles. The van der Waals surface area contributed by atoms with Crippen molar-refractivity contribution >= 4 is 51.9 Å². The number of hydrogen-bond acceptors (Lipinski definition) is 3. The standard InChI is InChI=1S/C22H20F7IN2O2S/c1-11-9-13(20(23,21(24,25)26)22(27,28)29)7-8-16(11)32-18(33)14-5-4-6-15(30)17(14)19(34)31-12(2)10-35-3/h4-9,12H,10H2,1-3H3,(H,31,34)(H,32,33)/t12-/m0/s1. The van der Waals surface area contributed by atoms with Gasteiger partial charge < -0.3 is 10.6 Å². The molecule has 0 heterocycles. The van der Waals surface area contributed by atoms with E-state index in [-0.39, 0.29) is 28.4 Å². The van der Waals surface area contributed by atoms with Crippen LogP contribution in [0.2, 0.25) is 0 Å². The molecule has 0 radical (unpaired) electrons. The average Bonchev–Trinajstić information content (AvgIpc) is 2.72. The van der Waals surface area contributed by atoms with Gasteiger partial charge in [-0.05, 0) is 66.5 Å². The number of amides is 2. The van der Waals surface area contributed by atoms with Crippen LogP contribution in [0.4, 0.5) is 36.4 Å². The van der Waals surface area contributed by atoms with Crippen molar-refractivity contribution < 1.29 is 40.3 Å². The molecule has 0 bridgehead atoms. The van der Waals surface area contributed by atoms with Crippen LogP contribution in [0.1, 0.15) is 38.8 Å². The van der Waals surface area contributed by atoms with Crippen LogP contribution in [0.15, 0.2) is 36.4 Å². The Hall–Kier alpha value is -2.03. The highest BCUT2D eigenvalue weighted by Crippen LogP contribution is 2.53.